The minimum Gasteiger partial charge on any atom is -0.348 e. The quantitative estimate of drug-likeness (QED) is 0.740. The van der Waals surface area contributed by atoms with Gasteiger partial charge in [0.15, 0.2) is 0 Å². The van der Waals surface area contributed by atoms with Gasteiger partial charge in [0.2, 0.25) is 5.91 Å². The number of benzene rings is 1. The van der Waals surface area contributed by atoms with E-state index in [-0.39, 0.29) is 24.1 Å². The molecule has 28 heavy (non-hydrogen) atoms. The van der Waals surface area contributed by atoms with Crippen LogP contribution in [0.25, 0.3) is 10.2 Å². The smallest absolute Gasteiger partial charge is 0.262 e. The molecule has 2 heterocycles. The van der Waals surface area contributed by atoms with Gasteiger partial charge in [-0.25, -0.2) is 4.98 Å². The summed E-state index contributed by atoms with van der Waals surface area (Å²) in [4.78, 5) is 32.3. The van der Waals surface area contributed by atoms with E-state index in [0.29, 0.717) is 0 Å². The van der Waals surface area contributed by atoms with E-state index in [0.717, 1.165) is 48.7 Å². The molecule has 5 nitrogen and oxygen atoms in total. The lowest BCUT2D eigenvalue weighted by Crippen LogP contribution is -2.36. The molecule has 5 rings (SSSR count). The Bertz CT molecular complexity index is 1110. The van der Waals surface area contributed by atoms with Crippen LogP contribution in [0.5, 0.6) is 0 Å². The molecule has 3 aromatic rings. The number of nitrogens with one attached hydrogen (secondary N) is 1. The molecule has 2 aromatic heterocycles. The van der Waals surface area contributed by atoms with E-state index < -0.39 is 0 Å². The first-order chi connectivity index (χ1) is 13.7. The third-order valence-electron chi connectivity index (χ3n) is 5.96. The first-order valence-corrected chi connectivity index (χ1v) is 10.9. The van der Waals surface area contributed by atoms with E-state index >= 15 is 0 Å². The zero-order valence-electron chi connectivity index (χ0n) is 15.7. The zero-order valence-corrected chi connectivity index (χ0v) is 16.6. The largest absolute Gasteiger partial charge is 0.348 e. The van der Waals surface area contributed by atoms with Crippen molar-refractivity contribution in [2.75, 3.05) is 0 Å². The fourth-order valence-electron chi connectivity index (χ4n) is 4.59. The summed E-state index contributed by atoms with van der Waals surface area (Å²) in [5.74, 6) is -0.131. The van der Waals surface area contributed by atoms with Crippen molar-refractivity contribution in [3.63, 3.8) is 0 Å². The highest BCUT2D eigenvalue weighted by molar-refractivity contribution is 7.18. The number of hydrogen-bond donors (Lipinski definition) is 1. The van der Waals surface area contributed by atoms with Crippen molar-refractivity contribution in [1.82, 2.24) is 14.9 Å². The number of carbonyl (C=O) groups is 1. The molecular formula is C22H23N3O2S. The lowest BCUT2D eigenvalue weighted by Gasteiger charge is -2.26. The van der Waals surface area contributed by atoms with Crippen molar-refractivity contribution in [1.29, 1.82) is 0 Å². The van der Waals surface area contributed by atoms with Crippen LogP contribution in [0.1, 0.15) is 53.3 Å². The van der Waals surface area contributed by atoms with E-state index in [1.165, 1.54) is 38.9 Å². The molecule has 144 valence electrons. The molecule has 1 aromatic carbocycles. The van der Waals surface area contributed by atoms with Crippen LogP contribution >= 0.6 is 11.3 Å². The van der Waals surface area contributed by atoms with Gasteiger partial charge in [-0.2, -0.15) is 0 Å². The topological polar surface area (TPSA) is 64.0 Å². The maximum atomic E-state index is 13.0. The summed E-state index contributed by atoms with van der Waals surface area (Å²) in [6.07, 6.45) is 8.88. The summed E-state index contributed by atoms with van der Waals surface area (Å²) in [6.45, 7) is 0.0189. The fraction of sp³-hybridized carbons (Fsp3) is 0.409. The molecule has 0 radical (unpaired) electrons. The number of hydrogen-bond acceptors (Lipinski definition) is 4. The molecule has 0 bridgehead atoms. The molecule has 1 unspecified atom stereocenters. The van der Waals surface area contributed by atoms with Crippen LogP contribution in [0.3, 0.4) is 0 Å². The fourth-order valence-corrected chi connectivity index (χ4v) is 5.81. The van der Waals surface area contributed by atoms with Gasteiger partial charge in [-0.3, -0.25) is 14.2 Å². The Morgan fingerprint density at radius 1 is 1.18 bits per heavy atom. The average molecular weight is 394 g/mol. The molecule has 1 atom stereocenters. The molecule has 0 spiro atoms. The highest BCUT2D eigenvalue weighted by Gasteiger charge is 2.23. The molecule has 1 N–H and O–H groups in total. The Kier molecular flexibility index (Phi) is 4.51. The summed E-state index contributed by atoms with van der Waals surface area (Å²) < 4.78 is 1.47. The van der Waals surface area contributed by atoms with E-state index in [4.69, 9.17) is 0 Å². The molecule has 0 saturated carbocycles. The van der Waals surface area contributed by atoms with Gasteiger partial charge in [-0.1, -0.05) is 24.3 Å². The van der Waals surface area contributed by atoms with E-state index in [1.807, 2.05) is 12.1 Å². The Hall–Kier alpha value is -2.47. The predicted molar refractivity (Wildman–Crippen MR) is 111 cm³/mol. The molecule has 0 aliphatic heterocycles. The molecular weight excluding hydrogens is 370 g/mol. The van der Waals surface area contributed by atoms with Gasteiger partial charge in [0.1, 0.15) is 11.4 Å². The molecule has 2 aliphatic rings. The number of carbonyl (C=O) groups excluding carboxylic acids is 1. The molecule has 1 amide bonds. The van der Waals surface area contributed by atoms with E-state index in [9.17, 15) is 9.59 Å². The number of rotatable bonds is 3. The second-order valence-electron chi connectivity index (χ2n) is 7.78. The number of nitrogens with zero attached hydrogens (tertiary/aromatic N) is 2. The van der Waals surface area contributed by atoms with Gasteiger partial charge < -0.3 is 5.32 Å². The van der Waals surface area contributed by atoms with Crippen molar-refractivity contribution in [3.05, 3.63) is 62.5 Å². The lowest BCUT2D eigenvalue weighted by atomic mass is 9.88. The molecule has 6 heteroatoms. The molecule has 0 fully saturated rings. The highest BCUT2D eigenvalue weighted by atomic mass is 32.1. The van der Waals surface area contributed by atoms with Gasteiger partial charge in [0.25, 0.3) is 5.56 Å². The highest BCUT2D eigenvalue weighted by Crippen LogP contribution is 2.33. The SMILES string of the molecule is O=C(Cn1cnc2sc3c(c2c1=O)CCCC3)NC1CCCc2ccccc21. The summed E-state index contributed by atoms with van der Waals surface area (Å²) in [5.41, 5.74) is 3.60. The number of amides is 1. The molecule has 2 aliphatic carbocycles. The van der Waals surface area contributed by atoms with Crippen LogP contribution in [0.15, 0.2) is 35.4 Å². The number of aromatic nitrogens is 2. The van der Waals surface area contributed by atoms with Crippen molar-refractivity contribution in [3.8, 4) is 0 Å². The normalized spacial score (nSPS) is 18.5. The summed E-state index contributed by atoms with van der Waals surface area (Å²) in [7, 11) is 0. The number of aryl methyl sites for hydroxylation is 3. The Morgan fingerprint density at radius 2 is 2.04 bits per heavy atom. The summed E-state index contributed by atoms with van der Waals surface area (Å²) >= 11 is 1.64. The van der Waals surface area contributed by atoms with Crippen molar-refractivity contribution >= 4 is 27.5 Å². The lowest BCUT2D eigenvalue weighted by molar-refractivity contribution is -0.122. The Balaban J connectivity index is 1.39. The number of fused-ring (bicyclic) bond motifs is 4. The standard InChI is InChI=1S/C22H23N3O2S/c26-19(24-17-10-5-7-14-6-1-2-8-15(14)17)12-25-13-23-21-20(22(25)27)16-9-3-4-11-18(16)28-21/h1-2,6,8,13,17H,3-5,7,9-12H2,(H,24,26). The van der Waals surface area contributed by atoms with Crippen molar-refractivity contribution < 1.29 is 4.79 Å². The monoisotopic (exact) mass is 393 g/mol. The van der Waals surface area contributed by atoms with Crippen molar-refractivity contribution in [2.45, 2.75) is 57.5 Å². The first-order valence-electron chi connectivity index (χ1n) is 10.1. The summed E-state index contributed by atoms with van der Waals surface area (Å²) in [6, 6.07) is 8.32. The predicted octanol–water partition coefficient (Wildman–Crippen LogP) is 3.53. The van der Waals surface area contributed by atoms with Gasteiger partial charge >= 0.3 is 0 Å². The maximum Gasteiger partial charge on any atom is 0.262 e. The minimum absolute atomic E-state index is 0.0189. The zero-order chi connectivity index (χ0) is 19.1. The minimum atomic E-state index is -0.131. The van der Waals surface area contributed by atoms with Gasteiger partial charge in [-0.15, -0.1) is 11.3 Å². The maximum absolute atomic E-state index is 13.0. The Morgan fingerprint density at radius 3 is 2.96 bits per heavy atom. The van der Waals surface area contributed by atoms with Gasteiger partial charge in [0.05, 0.1) is 17.8 Å². The second kappa shape index (κ2) is 7.17. The van der Waals surface area contributed by atoms with Crippen molar-refractivity contribution in [2.24, 2.45) is 0 Å². The van der Waals surface area contributed by atoms with E-state index in [1.54, 1.807) is 11.3 Å². The van der Waals surface area contributed by atoms with E-state index in [2.05, 4.69) is 22.4 Å². The average Bonchev–Trinajstić information content (AvgIpc) is 3.10. The van der Waals surface area contributed by atoms with Crippen LogP contribution in [-0.2, 0) is 30.6 Å². The Labute approximate surface area is 167 Å². The number of thiophene rings is 1. The second-order valence-corrected chi connectivity index (χ2v) is 8.86. The van der Waals surface area contributed by atoms with Crippen LogP contribution in [0.4, 0.5) is 0 Å². The van der Waals surface area contributed by atoms with Crippen LogP contribution in [0, 0.1) is 0 Å². The van der Waals surface area contributed by atoms with Gasteiger partial charge in [-0.05, 0) is 61.6 Å². The van der Waals surface area contributed by atoms with Crippen LogP contribution in [0.2, 0.25) is 0 Å². The third kappa shape index (κ3) is 3.05. The third-order valence-corrected chi connectivity index (χ3v) is 7.16. The molecule has 0 saturated heterocycles. The van der Waals surface area contributed by atoms with Gasteiger partial charge in [0, 0.05) is 4.88 Å². The summed E-state index contributed by atoms with van der Waals surface area (Å²) in [5, 5.41) is 3.87. The van der Waals surface area contributed by atoms with Crippen LogP contribution < -0.4 is 10.9 Å². The first kappa shape index (κ1) is 17.6. The van der Waals surface area contributed by atoms with Crippen LogP contribution in [-0.4, -0.2) is 15.5 Å².